The first-order valence-electron chi connectivity index (χ1n) is 16.3. The summed E-state index contributed by atoms with van der Waals surface area (Å²) in [6.45, 7) is 5.07. The molecule has 3 aromatic heterocycles. The summed E-state index contributed by atoms with van der Waals surface area (Å²) >= 11 is 15.2. The largest absolute Gasteiger partial charge is 0.392 e. The minimum atomic E-state index is -1.04. The summed E-state index contributed by atoms with van der Waals surface area (Å²) in [4.78, 5) is 27.3. The number of amides is 1. The van der Waals surface area contributed by atoms with Gasteiger partial charge in [-0.2, -0.15) is 5.10 Å². The lowest BCUT2D eigenvalue weighted by Crippen LogP contribution is -2.38. The summed E-state index contributed by atoms with van der Waals surface area (Å²) in [6, 6.07) is 9.19. The standard InChI is InChI=1S/C34H35Cl2FN8O2S/c35-27-14-25(21-1-3-23(4-2-21)43-10-5-20(6-11-43)15-42-9-7-24(46)17-42)29(36)30-26(27)18-45(41-30)32(33(47)40-34-38-8-12-48-34)31-28-13-22(37)16-44(28)19-39-31/h1-4,8,12,14,18-20,22,24,32,46H,5-7,9-11,13,15-17H2,(H,38,40,47)/t22-,24?,32?/m1/s1. The van der Waals surface area contributed by atoms with Gasteiger partial charge in [0.1, 0.15) is 11.7 Å². The van der Waals surface area contributed by atoms with Crippen LogP contribution < -0.4 is 10.2 Å². The van der Waals surface area contributed by atoms with Crippen molar-refractivity contribution in [2.75, 3.05) is 42.9 Å². The van der Waals surface area contributed by atoms with Crippen molar-refractivity contribution < 1.29 is 14.3 Å². The molecule has 14 heteroatoms. The molecule has 2 unspecified atom stereocenters. The Morgan fingerprint density at radius 1 is 1.10 bits per heavy atom. The minimum Gasteiger partial charge on any atom is -0.392 e. The molecule has 0 saturated carbocycles. The molecule has 0 bridgehead atoms. The SMILES string of the molecule is O=C(Nc1nccs1)C(c1ncn2c1C[C@@H](F)C2)n1cc2c(Cl)cc(-c3ccc(N4CCC(CN5CCC(O)C5)CC4)cc3)c(Cl)c2n1. The molecule has 6 heterocycles. The number of aromatic nitrogens is 5. The zero-order chi connectivity index (χ0) is 32.9. The number of thiazole rings is 1. The molecule has 2 saturated heterocycles. The van der Waals surface area contributed by atoms with E-state index in [0.29, 0.717) is 43.4 Å². The molecular weight excluding hydrogens is 674 g/mol. The first kappa shape index (κ1) is 31.7. The van der Waals surface area contributed by atoms with E-state index in [1.807, 2.05) is 6.07 Å². The van der Waals surface area contributed by atoms with Gasteiger partial charge in [-0.05, 0) is 48.9 Å². The van der Waals surface area contributed by atoms with E-state index in [0.717, 1.165) is 63.1 Å². The monoisotopic (exact) mass is 708 g/mol. The Kier molecular flexibility index (Phi) is 8.62. The number of nitrogens with zero attached hydrogens (tertiary/aromatic N) is 7. The van der Waals surface area contributed by atoms with Crippen LogP contribution in [-0.2, 0) is 17.8 Å². The maximum absolute atomic E-state index is 14.4. The van der Waals surface area contributed by atoms with E-state index in [9.17, 15) is 14.3 Å². The third kappa shape index (κ3) is 6.09. The zero-order valence-corrected chi connectivity index (χ0v) is 28.4. The fourth-order valence-corrected chi connectivity index (χ4v) is 8.46. The lowest BCUT2D eigenvalue weighted by Gasteiger charge is -2.35. The average Bonchev–Trinajstić information content (AvgIpc) is 3.92. The van der Waals surface area contributed by atoms with E-state index in [-0.39, 0.29) is 19.1 Å². The number of hydrogen-bond donors (Lipinski definition) is 2. The van der Waals surface area contributed by atoms with Crippen molar-refractivity contribution in [3.05, 3.63) is 75.9 Å². The summed E-state index contributed by atoms with van der Waals surface area (Å²) in [5, 5.41) is 21.2. The first-order chi connectivity index (χ1) is 23.3. The second-order valence-corrected chi connectivity index (χ2v) is 14.7. The number of nitrogens with one attached hydrogen (secondary N) is 1. The van der Waals surface area contributed by atoms with Crippen molar-refractivity contribution in [1.82, 2.24) is 29.2 Å². The lowest BCUT2D eigenvalue weighted by molar-refractivity contribution is -0.118. The van der Waals surface area contributed by atoms with Crippen molar-refractivity contribution in [2.45, 2.75) is 50.5 Å². The maximum atomic E-state index is 14.4. The van der Waals surface area contributed by atoms with Crippen LogP contribution in [0.25, 0.3) is 22.0 Å². The smallest absolute Gasteiger partial charge is 0.257 e. The fraction of sp³-hybridized carbons (Fsp3) is 0.412. The van der Waals surface area contributed by atoms with E-state index in [4.69, 9.17) is 28.3 Å². The van der Waals surface area contributed by atoms with Gasteiger partial charge in [0.25, 0.3) is 5.91 Å². The van der Waals surface area contributed by atoms with Crippen molar-refractivity contribution in [2.24, 2.45) is 5.92 Å². The topological polar surface area (TPSA) is 104 Å². The Labute approximate surface area is 291 Å². The number of aliphatic hydroxyl groups excluding tert-OH is 1. The highest BCUT2D eigenvalue weighted by molar-refractivity contribution is 7.13. The van der Waals surface area contributed by atoms with E-state index < -0.39 is 18.1 Å². The molecule has 8 rings (SSSR count). The van der Waals surface area contributed by atoms with Crippen LogP contribution in [0.5, 0.6) is 0 Å². The molecule has 2 N–H and O–H groups in total. The fourth-order valence-electron chi connectivity index (χ4n) is 7.38. The Bertz CT molecular complexity index is 1940. The molecule has 2 fully saturated rings. The average molecular weight is 710 g/mol. The predicted octanol–water partition coefficient (Wildman–Crippen LogP) is 6.07. The van der Waals surface area contributed by atoms with Crippen LogP contribution in [0.2, 0.25) is 10.0 Å². The summed E-state index contributed by atoms with van der Waals surface area (Å²) in [7, 11) is 0. The highest BCUT2D eigenvalue weighted by atomic mass is 35.5. The molecule has 48 heavy (non-hydrogen) atoms. The van der Waals surface area contributed by atoms with Gasteiger partial charge in [-0.3, -0.25) is 14.8 Å². The van der Waals surface area contributed by atoms with Crippen LogP contribution in [0.1, 0.15) is 36.7 Å². The van der Waals surface area contributed by atoms with Gasteiger partial charge in [-0.25, -0.2) is 14.4 Å². The molecule has 3 aliphatic rings. The number of likely N-dealkylation sites (tertiary alicyclic amines) is 1. The summed E-state index contributed by atoms with van der Waals surface area (Å²) in [5.74, 6) is 0.259. The van der Waals surface area contributed by atoms with E-state index >= 15 is 0 Å². The highest BCUT2D eigenvalue weighted by Crippen LogP contribution is 2.40. The number of piperidine rings is 1. The van der Waals surface area contributed by atoms with Gasteiger partial charge in [-0.1, -0.05) is 35.3 Å². The van der Waals surface area contributed by atoms with Gasteiger partial charge in [0.05, 0.1) is 34.7 Å². The van der Waals surface area contributed by atoms with Gasteiger partial charge in [0.15, 0.2) is 11.2 Å². The molecule has 250 valence electrons. The number of halogens is 3. The number of fused-ring (bicyclic) bond motifs is 2. The molecule has 1 amide bonds. The van der Waals surface area contributed by atoms with E-state index in [1.54, 1.807) is 28.7 Å². The van der Waals surface area contributed by atoms with Crippen molar-refractivity contribution >= 4 is 62.2 Å². The second kappa shape index (κ2) is 13.1. The first-order valence-corrected chi connectivity index (χ1v) is 17.9. The molecular formula is C34H35Cl2FN8O2S. The number of carbonyl (C=O) groups excluding carboxylic acids is 1. The van der Waals surface area contributed by atoms with Crippen LogP contribution in [0.15, 0.2) is 54.4 Å². The number of imidazole rings is 1. The molecule has 0 spiro atoms. The summed E-state index contributed by atoms with van der Waals surface area (Å²) in [6.07, 6.45) is 6.99. The van der Waals surface area contributed by atoms with Crippen LogP contribution >= 0.6 is 34.5 Å². The molecule has 2 aromatic carbocycles. The number of anilines is 2. The normalized spacial score (nSPS) is 20.9. The van der Waals surface area contributed by atoms with Gasteiger partial charge in [-0.15, -0.1) is 11.3 Å². The minimum absolute atomic E-state index is 0.167. The Balaban J connectivity index is 1.05. The second-order valence-electron chi connectivity index (χ2n) is 13.0. The quantitative estimate of drug-likeness (QED) is 0.202. The molecule has 3 atom stereocenters. The number of benzene rings is 2. The number of carbonyl (C=O) groups is 1. The Hall–Kier alpha value is -3.55. The van der Waals surface area contributed by atoms with E-state index in [2.05, 4.69) is 49.4 Å². The number of rotatable bonds is 8. The number of β-amino-alcohol motifs (C(OH)–C–C–N with tert-alkyl or cyclic N) is 1. The lowest BCUT2D eigenvalue weighted by atomic mass is 9.95. The molecule has 0 radical (unpaired) electrons. The zero-order valence-electron chi connectivity index (χ0n) is 26.1. The van der Waals surface area contributed by atoms with Gasteiger partial charge < -0.3 is 19.5 Å². The van der Waals surface area contributed by atoms with Crippen molar-refractivity contribution in [1.29, 1.82) is 0 Å². The molecule has 3 aliphatic heterocycles. The molecule has 10 nitrogen and oxygen atoms in total. The maximum Gasteiger partial charge on any atom is 0.257 e. The number of aliphatic hydroxyl groups is 1. The molecule has 0 aliphatic carbocycles. The van der Waals surface area contributed by atoms with Crippen molar-refractivity contribution in [3.8, 4) is 11.1 Å². The van der Waals surface area contributed by atoms with E-state index in [1.165, 1.54) is 21.7 Å². The third-order valence-electron chi connectivity index (χ3n) is 9.85. The van der Waals surface area contributed by atoms with Gasteiger partial charge >= 0.3 is 0 Å². The van der Waals surface area contributed by atoms with Crippen LogP contribution in [-0.4, -0.2) is 85.2 Å². The van der Waals surface area contributed by atoms with Gasteiger partial charge in [0.2, 0.25) is 0 Å². The Morgan fingerprint density at radius 3 is 2.65 bits per heavy atom. The summed E-state index contributed by atoms with van der Waals surface area (Å²) in [5.41, 5.74) is 4.36. The number of alkyl halides is 1. The summed E-state index contributed by atoms with van der Waals surface area (Å²) < 4.78 is 17.6. The highest BCUT2D eigenvalue weighted by Gasteiger charge is 2.35. The van der Waals surface area contributed by atoms with Crippen LogP contribution in [0.3, 0.4) is 0 Å². The van der Waals surface area contributed by atoms with Crippen molar-refractivity contribution in [3.63, 3.8) is 0 Å². The van der Waals surface area contributed by atoms with Crippen LogP contribution in [0, 0.1) is 5.92 Å². The number of hydrogen-bond acceptors (Lipinski definition) is 8. The molecule has 5 aromatic rings. The Morgan fingerprint density at radius 2 is 1.92 bits per heavy atom. The van der Waals surface area contributed by atoms with Crippen LogP contribution in [0.4, 0.5) is 15.2 Å². The predicted molar refractivity (Wildman–Crippen MR) is 187 cm³/mol. The third-order valence-corrected chi connectivity index (χ3v) is 11.2. The van der Waals surface area contributed by atoms with Gasteiger partial charge in [0, 0.05) is 79.2 Å².